The van der Waals surface area contributed by atoms with Crippen molar-refractivity contribution in [3.8, 4) is 0 Å². The van der Waals surface area contributed by atoms with Crippen molar-refractivity contribution >= 4 is 23.3 Å². The van der Waals surface area contributed by atoms with Crippen molar-refractivity contribution < 1.29 is 19.8 Å². The number of thioether (sulfide) groups is 1. The molecule has 0 heterocycles. The van der Waals surface area contributed by atoms with Crippen molar-refractivity contribution in [2.24, 2.45) is 28.6 Å². The van der Waals surface area contributed by atoms with Gasteiger partial charge in [0.1, 0.15) is 5.60 Å². The highest BCUT2D eigenvalue weighted by Gasteiger charge is 2.68. The summed E-state index contributed by atoms with van der Waals surface area (Å²) in [5, 5.41) is 23.1. The summed E-state index contributed by atoms with van der Waals surface area (Å²) in [7, 11) is 0. The van der Waals surface area contributed by atoms with Crippen LogP contribution in [0.15, 0.2) is 11.6 Å². The monoisotopic (exact) mass is 434 g/mol. The zero-order valence-electron chi connectivity index (χ0n) is 19.2. The van der Waals surface area contributed by atoms with Gasteiger partial charge in [-0.1, -0.05) is 40.2 Å². The van der Waals surface area contributed by atoms with Crippen molar-refractivity contribution in [1.82, 2.24) is 0 Å². The van der Waals surface area contributed by atoms with Crippen LogP contribution >= 0.6 is 11.8 Å². The minimum atomic E-state index is -1.35. The summed E-state index contributed by atoms with van der Waals surface area (Å²) in [6.07, 6.45) is 6.33. The highest BCUT2D eigenvalue weighted by Crippen LogP contribution is 2.67. The lowest BCUT2D eigenvalue weighted by Crippen LogP contribution is -2.62. The molecule has 0 spiro atoms. The summed E-state index contributed by atoms with van der Waals surface area (Å²) in [5.41, 5.74) is -0.842. The molecule has 5 heteroatoms. The molecule has 168 valence electrons. The van der Waals surface area contributed by atoms with Crippen LogP contribution in [-0.4, -0.2) is 44.0 Å². The Morgan fingerprint density at radius 3 is 2.57 bits per heavy atom. The maximum Gasteiger partial charge on any atom is 0.174 e. The second-order valence-electron chi connectivity index (χ2n) is 11.8. The summed E-state index contributed by atoms with van der Waals surface area (Å²) in [6, 6.07) is 0. The molecule has 0 aromatic rings. The fraction of sp³-hybridized carbons (Fsp3) is 0.840. The van der Waals surface area contributed by atoms with Gasteiger partial charge in [-0.05, 0) is 67.8 Å². The van der Waals surface area contributed by atoms with Gasteiger partial charge in [0.2, 0.25) is 0 Å². The summed E-state index contributed by atoms with van der Waals surface area (Å²) in [6.45, 7) is 10.6. The van der Waals surface area contributed by atoms with Gasteiger partial charge in [-0.15, -0.1) is 11.8 Å². The minimum Gasteiger partial charge on any atom is -0.393 e. The Morgan fingerprint density at radius 1 is 1.20 bits per heavy atom. The van der Waals surface area contributed by atoms with E-state index in [0.29, 0.717) is 30.9 Å². The first-order chi connectivity index (χ1) is 13.8. The Balaban J connectivity index is 1.63. The molecule has 0 radical (unpaired) electrons. The van der Waals surface area contributed by atoms with E-state index >= 15 is 0 Å². The molecule has 4 aliphatic rings. The molecule has 30 heavy (non-hydrogen) atoms. The van der Waals surface area contributed by atoms with Crippen LogP contribution in [0.4, 0.5) is 0 Å². The lowest BCUT2D eigenvalue weighted by Gasteiger charge is -2.60. The number of carbonyl (C=O) groups is 2. The number of aliphatic hydroxyl groups excluding tert-OH is 1. The van der Waals surface area contributed by atoms with E-state index in [1.54, 1.807) is 11.8 Å². The maximum atomic E-state index is 13.3. The van der Waals surface area contributed by atoms with Crippen LogP contribution in [0.3, 0.4) is 0 Å². The molecule has 0 aromatic carbocycles. The Bertz CT molecular complexity index is 783. The molecule has 0 aliphatic heterocycles. The average Bonchev–Trinajstić information content (AvgIpc) is 2.91. The van der Waals surface area contributed by atoms with E-state index in [0.717, 1.165) is 25.7 Å². The number of ketones is 2. The van der Waals surface area contributed by atoms with E-state index in [9.17, 15) is 19.8 Å². The van der Waals surface area contributed by atoms with Gasteiger partial charge in [0.15, 0.2) is 11.6 Å². The standard InChI is InChI=1S/C25H38O4S/c1-22(2,3)30-14-20(28)25(29)11-9-18-17-7-6-15-12-16(26)8-10-23(15,4)21(17)19(27)13-24(18,25)5/h12,17-19,21,27,29H,6-11,13-14H2,1-5H3/t17-,18-,19+,21+,23+,24+,25+/m1/s1. The summed E-state index contributed by atoms with van der Waals surface area (Å²) in [4.78, 5) is 25.3. The SMILES string of the molecule is CC(C)(C)SCC(=O)[C@@]1(O)CC[C@@H]2[C@H]3CCC4=CC(=O)CC[C@]4(C)[C@@H]3[C@@H](O)C[C@@]21C. The van der Waals surface area contributed by atoms with Gasteiger partial charge >= 0.3 is 0 Å². The molecule has 4 rings (SSSR count). The number of rotatable bonds is 3. The van der Waals surface area contributed by atoms with Crippen LogP contribution in [0.1, 0.15) is 79.6 Å². The molecule has 0 unspecified atom stereocenters. The predicted molar refractivity (Wildman–Crippen MR) is 120 cm³/mol. The van der Waals surface area contributed by atoms with E-state index in [1.807, 2.05) is 6.08 Å². The first-order valence-electron chi connectivity index (χ1n) is 11.6. The molecule has 0 saturated heterocycles. The third-order valence-electron chi connectivity index (χ3n) is 9.15. The second kappa shape index (κ2) is 7.18. The normalized spacial score (nSPS) is 46.0. The fourth-order valence-corrected chi connectivity index (χ4v) is 8.35. The lowest BCUT2D eigenvalue weighted by atomic mass is 9.45. The molecule has 2 N–H and O–H groups in total. The molecular weight excluding hydrogens is 396 g/mol. The van der Waals surface area contributed by atoms with Crippen LogP contribution in [0.25, 0.3) is 0 Å². The van der Waals surface area contributed by atoms with Gasteiger partial charge in [0.05, 0.1) is 11.9 Å². The fourth-order valence-electron chi connectivity index (χ4n) is 7.55. The number of Topliss-reactive ketones (excluding diaryl/α,β-unsaturated/α-hetero) is 1. The topological polar surface area (TPSA) is 74.6 Å². The maximum absolute atomic E-state index is 13.3. The van der Waals surface area contributed by atoms with Gasteiger partial charge in [-0.2, -0.15) is 0 Å². The Hall–Kier alpha value is -0.650. The molecule has 0 amide bonds. The second-order valence-corrected chi connectivity index (χ2v) is 13.6. The predicted octanol–water partition coefficient (Wildman–Crippen LogP) is 4.32. The Morgan fingerprint density at radius 2 is 1.90 bits per heavy atom. The van der Waals surface area contributed by atoms with Gasteiger partial charge in [-0.25, -0.2) is 0 Å². The van der Waals surface area contributed by atoms with E-state index < -0.39 is 17.1 Å². The largest absolute Gasteiger partial charge is 0.393 e. The minimum absolute atomic E-state index is 0.0266. The highest BCUT2D eigenvalue weighted by molar-refractivity contribution is 8.01. The van der Waals surface area contributed by atoms with Crippen molar-refractivity contribution in [2.45, 2.75) is 96.0 Å². The summed E-state index contributed by atoms with van der Waals surface area (Å²) in [5.74, 6) is 1.13. The molecule has 0 aromatic heterocycles. The Labute approximate surface area is 185 Å². The molecule has 0 bridgehead atoms. The van der Waals surface area contributed by atoms with Crippen molar-refractivity contribution in [3.05, 3.63) is 11.6 Å². The zero-order valence-corrected chi connectivity index (χ0v) is 20.0. The number of fused-ring (bicyclic) bond motifs is 5. The van der Waals surface area contributed by atoms with Gasteiger partial charge in [0.25, 0.3) is 0 Å². The van der Waals surface area contributed by atoms with Crippen molar-refractivity contribution in [3.63, 3.8) is 0 Å². The molecule has 7 atom stereocenters. The van der Waals surface area contributed by atoms with Gasteiger partial charge in [-0.3, -0.25) is 9.59 Å². The van der Waals surface area contributed by atoms with E-state index in [4.69, 9.17) is 0 Å². The highest BCUT2D eigenvalue weighted by atomic mass is 32.2. The van der Waals surface area contributed by atoms with Gasteiger partial charge in [0, 0.05) is 16.6 Å². The van der Waals surface area contributed by atoms with E-state index in [2.05, 4.69) is 34.6 Å². The number of hydrogen-bond acceptors (Lipinski definition) is 5. The first kappa shape index (κ1) is 22.5. The van der Waals surface area contributed by atoms with Crippen LogP contribution in [0.5, 0.6) is 0 Å². The number of aliphatic hydroxyl groups is 2. The molecule has 4 nitrogen and oxygen atoms in total. The third kappa shape index (κ3) is 3.26. The lowest BCUT2D eigenvalue weighted by molar-refractivity contribution is -0.178. The van der Waals surface area contributed by atoms with Crippen LogP contribution < -0.4 is 0 Å². The molecular formula is C25H38O4S. The number of allylic oxidation sites excluding steroid dienone is 1. The third-order valence-corrected chi connectivity index (χ3v) is 10.4. The van der Waals surface area contributed by atoms with E-state index in [-0.39, 0.29) is 33.6 Å². The summed E-state index contributed by atoms with van der Waals surface area (Å²) < 4.78 is -0.0266. The smallest absolute Gasteiger partial charge is 0.174 e. The van der Waals surface area contributed by atoms with Crippen LogP contribution in [0.2, 0.25) is 0 Å². The van der Waals surface area contributed by atoms with E-state index in [1.165, 1.54) is 5.57 Å². The quantitative estimate of drug-likeness (QED) is 0.692. The van der Waals surface area contributed by atoms with Gasteiger partial charge < -0.3 is 10.2 Å². The molecule has 3 fully saturated rings. The molecule has 3 saturated carbocycles. The number of carbonyl (C=O) groups excluding carboxylic acids is 2. The summed E-state index contributed by atoms with van der Waals surface area (Å²) >= 11 is 1.59. The van der Waals surface area contributed by atoms with Crippen molar-refractivity contribution in [1.29, 1.82) is 0 Å². The zero-order chi connectivity index (χ0) is 22.1. The number of hydrogen-bond donors (Lipinski definition) is 2. The Kier molecular flexibility index (Phi) is 5.39. The van der Waals surface area contributed by atoms with Crippen LogP contribution in [0, 0.1) is 28.6 Å². The molecule has 4 aliphatic carbocycles. The van der Waals surface area contributed by atoms with Crippen LogP contribution in [-0.2, 0) is 9.59 Å². The van der Waals surface area contributed by atoms with Crippen molar-refractivity contribution in [2.75, 3.05) is 5.75 Å². The first-order valence-corrected chi connectivity index (χ1v) is 12.6. The average molecular weight is 435 g/mol.